The van der Waals surface area contributed by atoms with Gasteiger partial charge in [-0.05, 0) is 31.2 Å². The standard InChI is InChI=1S/C22H17ClN2O8/c1-12-9-14(33-19(12)22(28)31-2)11-32-21(27)16-5-3-4-6-18(16)24-20(26)15-8-7-13(25(29)30)10-17(15)23/h3-10H,11H2,1-2H3,(H,24,26). The molecule has 0 aliphatic rings. The average Bonchev–Trinajstić information content (AvgIpc) is 3.17. The molecule has 170 valence electrons. The predicted molar refractivity (Wildman–Crippen MR) is 116 cm³/mol. The number of non-ortho nitro benzene ring substituents is 1. The number of para-hydroxylation sites is 1. The predicted octanol–water partition coefficient (Wildman–Crippen LogP) is 4.55. The number of nitro benzene ring substituents is 1. The van der Waals surface area contributed by atoms with E-state index >= 15 is 0 Å². The number of methoxy groups -OCH3 is 1. The highest BCUT2D eigenvalue weighted by Crippen LogP contribution is 2.25. The van der Waals surface area contributed by atoms with Crippen LogP contribution in [0, 0.1) is 17.0 Å². The number of nitrogens with one attached hydrogen (secondary N) is 1. The minimum atomic E-state index is -0.755. The third kappa shape index (κ3) is 5.36. The van der Waals surface area contributed by atoms with Crippen molar-refractivity contribution in [2.45, 2.75) is 13.5 Å². The Morgan fingerprint density at radius 3 is 2.48 bits per heavy atom. The van der Waals surface area contributed by atoms with E-state index in [9.17, 15) is 24.5 Å². The number of anilines is 1. The molecule has 0 spiro atoms. The maximum atomic E-state index is 12.6. The number of nitro groups is 1. The van der Waals surface area contributed by atoms with E-state index in [-0.39, 0.29) is 45.7 Å². The molecule has 3 rings (SSSR count). The zero-order valence-corrected chi connectivity index (χ0v) is 18.2. The number of aryl methyl sites for hydroxylation is 1. The van der Waals surface area contributed by atoms with Gasteiger partial charge in [0.1, 0.15) is 12.4 Å². The summed E-state index contributed by atoms with van der Waals surface area (Å²) in [6.07, 6.45) is 0. The largest absolute Gasteiger partial charge is 0.463 e. The summed E-state index contributed by atoms with van der Waals surface area (Å²) >= 11 is 6.00. The average molecular weight is 473 g/mol. The first-order valence-corrected chi connectivity index (χ1v) is 9.78. The fourth-order valence-electron chi connectivity index (χ4n) is 2.89. The number of rotatable bonds is 7. The number of esters is 2. The normalized spacial score (nSPS) is 10.4. The van der Waals surface area contributed by atoms with E-state index in [2.05, 4.69) is 10.1 Å². The van der Waals surface area contributed by atoms with Crippen LogP contribution in [0.1, 0.15) is 42.6 Å². The summed E-state index contributed by atoms with van der Waals surface area (Å²) in [4.78, 5) is 47.1. The van der Waals surface area contributed by atoms with Crippen LogP contribution in [0.15, 0.2) is 52.9 Å². The first-order valence-electron chi connectivity index (χ1n) is 9.40. The summed E-state index contributed by atoms with van der Waals surface area (Å²) in [6, 6.07) is 11.1. The van der Waals surface area contributed by atoms with Crippen molar-refractivity contribution in [3.63, 3.8) is 0 Å². The highest BCUT2D eigenvalue weighted by molar-refractivity contribution is 6.34. The molecule has 0 saturated heterocycles. The third-order valence-corrected chi connectivity index (χ3v) is 4.80. The van der Waals surface area contributed by atoms with Gasteiger partial charge in [-0.3, -0.25) is 14.9 Å². The van der Waals surface area contributed by atoms with Crippen LogP contribution in [-0.2, 0) is 16.1 Å². The van der Waals surface area contributed by atoms with E-state index in [0.29, 0.717) is 5.56 Å². The zero-order valence-electron chi connectivity index (χ0n) is 17.4. The van der Waals surface area contributed by atoms with Crippen molar-refractivity contribution in [3.8, 4) is 0 Å². The van der Waals surface area contributed by atoms with E-state index in [1.54, 1.807) is 25.1 Å². The highest BCUT2D eigenvalue weighted by Gasteiger charge is 2.20. The van der Waals surface area contributed by atoms with Crippen LogP contribution < -0.4 is 5.32 Å². The molecule has 1 heterocycles. The molecule has 0 fully saturated rings. The number of nitrogens with zero attached hydrogens (tertiary/aromatic N) is 1. The van der Waals surface area contributed by atoms with Crippen LogP contribution in [0.5, 0.6) is 0 Å². The number of carbonyl (C=O) groups is 3. The number of benzene rings is 2. The molecule has 10 nitrogen and oxygen atoms in total. The van der Waals surface area contributed by atoms with Crippen molar-refractivity contribution in [2.24, 2.45) is 0 Å². The van der Waals surface area contributed by atoms with Gasteiger partial charge in [0, 0.05) is 17.7 Å². The molecule has 0 atom stereocenters. The molecule has 0 unspecified atom stereocenters. The molecule has 0 radical (unpaired) electrons. The lowest BCUT2D eigenvalue weighted by Gasteiger charge is -2.11. The zero-order chi connectivity index (χ0) is 24.1. The van der Waals surface area contributed by atoms with Crippen LogP contribution in [-0.4, -0.2) is 29.9 Å². The lowest BCUT2D eigenvalue weighted by molar-refractivity contribution is -0.384. The fourth-order valence-corrected chi connectivity index (χ4v) is 3.15. The first-order chi connectivity index (χ1) is 15.7. The Bertz CT molecular complexity index is 1250. The molecule has 2 aromatic carbocycles. The second kappa shape index (κ2) is 9.96. The summed E-state index contributed by atoms with van der Waals surface area (Å²) in [5.41, 5.74) is 0.463. The van der Waals surface area contributed by atoms with Gasteiger partial charge in [0.05, 0.1) is 33.9 Å². The van der Waals surface area contributed by atoms with Crippen molar-refractivity contribution in [3.05, 3.63) is 91.9 Å². The van der Waals surface area contributed by atoms with Crippen molar-refractivity contribution < 1.29 is 33.2 Å². The minimum Gasteiger partial charge on any atom is -0.463 e. The van der Waals surface area contributed by atoms with Crippen LogP contribution in [0.25, 0.3) is 0 Å². The van der Waals surface area contributed by atoms with E-state index in [0.717, 1.165) is 12.1 Å². The minimum absolute atomic E-state index is 0.00756. The molecular weight excluding hydrogens is 456 g/mol. The molecule has 33 heavy (non-hydrogen) atoms. The smallest absolute Gasteiger partial charge is 0.374 e. The second-order valence-electron chi connectivity index (χ2n) is 6.71. The fraction of sp³-hybridized carbons (Fsp3) is 0.136. The van der Waals surface area contributed by atoms with Gasteiger partial charge >= 0.3 is 11.9 Å². The maximum absolute atomic E-state index is 12.6. The monoisotopic (exact) mass is 472 g/mol. The molecule has 11 heteroatoms. The van der Waals surface area contributed by atoms with Crippen LogP contribution in [0.3, 0.4) is 0 Å². The van der Waals surface area contributed by atoms with Gasteiger partial charge in [-0.2, -0.15) is 0 Å². The van der Waals surface area contributed by atoms with E-state index in [1.165, 1.54) is 25.3 Å². The molecule has 1 N–H and O–H groups in total. The Kier molecular flexibility index (Phi) is 7.09. The number of hydrogen-bond acceptors (Lipinski definition) is 8. The lowest BCUT2D eigenvalue weighted by atomic mass is 10.1. The summed E-state index contributed by atoms with van der Waals surface area (Å²) in [7, 11) is 1.22. The molecule has 0 aliphatic heterocycles. The first kappa shape index (κ1) is 23.5. The van der Waals surface area contributed by atoms with Crippen molar-refractivity contribution in [1.29, 1.82) is 0 Å². The molecule has 0 saturated carbocycles. The third-order valence-electron chi connectivity index (χ3n) is 4.49. The Hall–Kier alpha value is -4.18. The topological polar surface area (TPSA) is 138 Å². The van der Waals surface area contributed by atoms with Crippen LogP contribution in [0.2, 0.25) is 5.02 Å². The van der Waals surface area contributed by atoms with Gasteiger partial charge in [0.25, 0.3) is 11.6 Å². The lowest BCUT2D eigenvalue weighted by Crippen LogP contribution is -2.16. The summed E-state index contributed by atoms with van der Waals surface area (Å²) in [6.45, 7) is 1.39. The molecule has 0 aliphatic carbocycles. The summed E-state index contributed by atoms with van der Waals surface area (Å²) < 4.78 is 15.2. The van der Waals surface area contributed by atoms with Gasteiger partial charge in [-0.15, -0.1) is 0 Å². The summed E-state index contributed by atoms with van der Waals surface area (Å²) in [5.74, 6) is -1.83. The molecule has 1 aromatic heterocycles. The quantitative estimate of drug-likeness (QED) is 0.300. The van der Waals surface area contributed by atoms with Crippen molar-refractivity contribution >= 4 is 40.8 Å². The Balaban J connectivity index is 1.74. The number of halogens is 1. The molecule has 3 aromatic rings. The van der Waals surface area contributed by atoms with Gasteiger partial charge in [0.15, 0.2) is 0 Å². The van der Waals surface area contributed by atoms with Crippen molar-refractivity contribution in [1.82, 2.24) is 0 Å². The Morgan fingerprint density at radius 2 is 1.82 bits per heavy atom. The van der Waals surface area contributed by atoms with Crippen LogP contribution >= 0.6 is 11.6 Å². The Labute approximate surface area is 192 Å². The van der Waals surface area contributed by atoms with E-state index in [1.807, 2.05) is 0 Å². The highest BCUT2D eigenvalue weighted by atomic mass is 35.5. The molecule has 1 amide bonds. The second-order valence-corrected chi connectivity index (χ2v) is 7.12. The van der Waals surface area contributed by atoms with E-state index < -0.39 is 22.8 Å². The van der Waals surface area contributed by atoms with Gasteiger partial charge in [-0.1, -0.05) is 23.7 Å². The SMILES string of the molecule is COC(=O)c1oc(COC(=O)c2ccccc2NC(=O)c2ccc([N+](=O)[O-])cc2Cl)cc1C. The van der Waals surface area contributed by atoms with Crippen LogP contribution in [0.4, 0.5) is 11.4 Å². The molecule has 0 bridgehead atoms. The molecular formula is C22H17ClN2O8. The number of furan rings is 1. The van der Waals surface area contributed by atoms with Gasteiger partial charge < -0.3 is 19.2 Å². The Morgan fingerprint density at radius 1 is 1.09 bits per heavy atom. The van der Waals surface area contributed by atoms with Gasteiger partial charge in [-0.25, -0.2) is 9.59 Å². The number of amides is 1. The van der Waals surface area contributed by atoms with Crippen molar-refractivity contribution in [2.75, 3.05) is 12.4 Å². The number of hydrogen-bond donors (Lipinski definition) is 1. The van der Waals surface area contributed by atoms with Gasteiger partial charge in [0.2, 0.25) is 5.76 Å². The maximum Gasteiger partial charge on any atom is 0.374 e. The van der Waals surface area contributed by atoms with E-state index in [4.69, 9.17) is 20.8 Å². The number of ether oxygens (including phenoxy) is 2. The number of carbonyl (C=O) groups excluding carboxylic acids is 3. The summed E-state index contributed by atoms with van der Waals surface area (Å²) in [5, 5.41) is 13.3.